The van der Waals surface area contributed by atoms with Gasteiger partial charge in [-0.2, -0.15) is 0 Å². The molecule has 0 aromatic heterocycles. The lowest BCUT2D eigenvalue weighted by molar-refractivity contribution is -0.134. The van der Waals surface area contributed by atoms with Crippen LogP contribution in [-0.2, 0) is 14.6 Å². The molecule has 0 atom stereocenters. The molecule has 0 spiro atoms. The van der Waals surface area contributed by atoms with Crippen LogP contribution in [0.3, 0.4) is 0 Å². The Balaban J connectivity index is 2.17. The van der Waals surface area contributed by atoms with Gasteiger partial charge in [0.2, 0.25) is 5.91 Å². The molecule has 1 aliphatic heterocycles. The molecule has 5 nitrogen and oxygen atoms in total. The highest BCUT2D eigenvalue weighted by Crippen LogP contribution is 2.18. The van der Waals surface area contributed by atoms with Crippen molar-refractivity contribution < 1.29 is 14.6 Å². The average Bonchev–Trinajstić information content (AvgIpc) is 2.05. The van der Waals surface area contributed by atoms with Gasteiger partial charge in [0, 0.05) is 26.7 Å². The van der Waals surface area contributed by atoms with E-state index in [1.807, 2.05) is 4.90 Å². The van der Waals surface area contributed by atoms with Gasteiger partial charge in [-0.3, -0.25) is 9.69 Å². The minimum Gasteiger partial charge on any atom is -0.364 e. The summed E-state index contributed by atoms with van der Waals surface area (Å²) < 4.78 is 4.74. The van der Waals surface area contributed by atoms with Crippen molar-refractivity contribution in [2.24, 2.45) is 5.92 Å². The molecule has 15 heavy (non-hydrogen) atoms. The molecular weight excluding hydrogens is 196 g/mol. The Morgan fingerprint density at radius 2 is 2.13 bits per heavy atom. The second-order valence-electron chi connectivity index (χ2n) is 4.62. The van der Waals surface area contributed by atoms with Crippen molar-refractivity contribution in [1.29, 1.82) is 0 Å². The molecule has 0 aromatic rings. The fourth-order valence-corrected chi connectivity index (χ4v) is 1.69. The Labute approximate surface area is 90.4 Å². The van der Waals surface area contributed by atoms with Crippen molar-refractivity contribution in [3.63, 3.8) is 0 Å². The molecule has 87 valence electrons. The zero-order chi connectivity index (χ0) is 11.5. The predicted molar refractivity (Wildman–Crippen MR) is 54.7 cm³/mol. The van der Waals surface area contributed by atoms with Crippen LogP contribution in [0.15, 0.2) is 0 Å². The Kier molecular flexibility index (Phi) is 4.07. The Morgan fingerprint density at radius 3 is 2.60 bits per heavy atom. The lowest BCUT2D eigenvalue weighted by Crippen LogP contribution is -2.56. The third kappa shape index (κ3) is 4.15. The lowest BCUT2D eigenvalue weighted by Gasteiger charge is -2.40. The fourth-order valence-electron chi connectivity index (χ4n) is 1.69. The smallest absolute Gasteiger partial charge is 0.227 e. The summed E-state index contributed by atoms with van der Waals surface area (Å²) in [4.78, 5) is 13.4. The molecule has 0 unspecified atom stereocenters. The van der Waals surface area contributed by atoms with E-state index in [9.17, 15) is 9.90 Å². The van der Waals surface area contributed by atoms with E-state index in [4.69, 9.17) is 4.74 Å². The van der Waals surface area contributed by atoms with Crippen LogP contribution >= 0.6 is 0 Å². The predicted octanol–water partition coefficient (Wildman–Crippen LogP) is -0.153. The topological polar surface area (TPSA) is 61.5 Å². The summed E-state index contributed by atoms with van der Waals surface area (Å²) in [6.07, 6.45) is 0. The van der Waals surface area contributed by atoms with Crippen molar-refractivity contribution >= 4 is 5.91 Å². The number of hydrogen-bond donors (Lipinski definition) is 1. The minimum absolute atomic E-state index is 0.0109. The zero-order valence-corrected chi connectivity index (χ0v) is 9.58. The SMILES string of the molecule is COCNC(=O)C1CN(CC(C)(C)[O])C1. The molecule has 1 fully saturated rings. The van der Waals surface area contributed by atoms with Crippen molar-refractivity contribution in [3.8, 4) is 0 Å². The van der Waals surface area contributed by atoms with E-state index in [-0.39, 0.29) is 18.6 Å². The van der Waals surface area contributed by atoms with E-state index in [1.165, 1.54) is 7.11 Å². The first-order valence-electron chi connectivity index (χ1n) is 5.12. The summed E-state index contributed by atoms with van der Waals surface area (Å²) >= 11 is 0. The summed E-state index contributed by atoms with van der Waals surface area (Å²) in [6.45, 7) is 5.43. The number of nitrogens with one attached hydrogen (secondary N) is 1. The Hall–Kier alpha value is -0.650. The van der Waals surface area contributed by atoms with Crippen LogP contribution in [0.2, 0.25) is 0 Å². The monoisotopic (exact) mass is 215 g/mol. The number of amides is 1. The largest absolute Gasteiger partial charge is 0.364 e. The van der Waals surface area contributed by atoms with Gasteiger partial charge in [-0.05, 0) is 13.8 Å². The summed E-state index contributed by atoms with van der Waals surface area (Å²) in [5, 5.41) is 14.0. The van der Waals surface area contributed by atoms with Gasteiger partial charge in [0.05, 0.1) is 5.92 Å². The van der Waals surface area contributed by atoms with Gasteiger partial charge in [0.15, 0.2) is 0 Å². The quantitative estimate of drug-likeness (QED) is 0.649. The van der Waals surface area contributed by atoms with E-state index in [2.05, 4.69) is 5.32 Å². The van der Waals surface area contributed by atoms with Crippen LogP contribution in [0, 0.1) is 5.92 Å². The van der Waals surface area contributed by atoms with Gasteiger partial charge in [0.25, 0.3) is 0 Å². The van der Waals surface area contributed by atoms with Gasteiger partial charge >= 0.3 is 0 Å². The molecule has 1 heterocycles. The van der Waals surface area contributed by atoms with Crippen molar-refractivity contribution in [1.82, 2.24) is 10.2 Å². The molecule has 1 aliphatic rings. The van der Waals surface area contributed by atoms with E-state index < -0.39 is 5.60 Å². The average molecular weight is 215 g/mol. The third-order valence-corrected chi connectivity index (χ3v) is 2.32. The number of carbonyl (C=O) groups is 1. The normalized spacial score (nSPS) is 18.7. The lowest BCUT2D eigenvalue weighted by atomic mass is 9.96. The maximum Gasteiger partial charge on any atom is 0.227 e. The number of nitrogens with zero attached hydrogens (tertiary/aromatic N) is 1. The fraction of sp³-hybridized carbons (Fsp3) is 0.900. The van der Waals surface area contributed by atoms with Crippen LogP contribution in [0.25, 0.3) is 0 Å². The summed E-state index contributed by atoms with van der Waals surface area (Å²) in [5.74, 6) is 0.0271. The molecular formula is C10H19N2O3. The maximum atomic E-state index is 11.4. The van der Waals surface area contributed by atoms with Gasteiger partial charge in [-0.1, -0.05) is 0 Å². The second kappa shape index (κ2) is 4.92. The molecule has 1 radical (unpaired) electrons. The van der Waals surface area contributed by atoms with Gasteiger partial charge in [0.1, 0.15) is 12.3 Å². The molecule has 5 heteroatoms. The van der Waals surface area contributed by atoms with E-state index in [0.29, 0.717) is 19.6 Å². The highest BCUT2D eigenvalue weighted by atomic mass is 16.5. The second-order valence-corrected chi connectivity index (χ2v) is 4.62. The highest BCUT2D eigenvalue weighted by Gasteiger charge is 2.35. The molecule has 0 aromatic carbocycles. The number of ether oxygens (including phenoxy) is 1. The highest BCUT2D eigenvalue weighted by molar-refractivity contribution is 5.79. The number of rotatable bonds is 5. The molecule has 1 N–H and O–H groups in total. The summed E-state index contributed by atoms with van der Waals surface area (Å²) in [6, 6.07) is 0. The number of likely N-dealkylation sites (tertiary alicyclic amines) is 1. The van der Waals surface area contributed by atoms with Crippen LogP contribution in [-0.4, -0.2) is 49.9 Å². The summed E-state index contributed by atoms with van der Waals surface area (Å²) in [5.41, 5.74) is -0.937. The van der Waals surface area contributed by atoms with Gasteiger partial charge < -0.3 is 10.1 Å². The number of carbonyl (C=O) groups excluding carboxylic acids is 1. The van der Waals surface area contributed by atoms with Gasteiger partial charge in [-0.15, -0.1) is 0 Å². The third-order valence-electron chi connectivity index (χ3n) is 2.32. The van der Waals surface area contributed by atoms with Crippen LogP contribution in [0.5, 0.6) is 0 Å². The molecule has 1 saturated heterocycles. The minimum atomic E-state index is -0.937. The van der Waals surface area contributed by atoms with E-state index >= 15 is 0 Å². The van der Waals surface area contributed by atoms with Crippen molar-refractivity contribution in [2.45, 2.75) is 19.4 Å². The number of methoxy groups -OCH3 is 1. The van der Waals surface area contributed by atoms with E-state index in [0.717, 1.165) is 0 Å². The first kappa shape index (κ1) is 12.4. The van der Waals surface area contributed by atoms with Crippen LogP contribution in [0.1, 0.15) is 13.8 Å². The van der Waals surface area contributed by atoms with Gasteiger partial charge in [-0.25, -0.2) is 5.11 Å². The van der Waals surface area contributed by atoms with Crippen LogP contribution in [0.4, 0.5) is 0 Å². The molecule has 0 bridgehead atoms. The van der Waals surface area contributed by atoms with Crippen molar-refractivity contribution in [3.05, 3.63) is 0 Å². The molecule has 1 rings (SSSR count). The first-order chi connectivity index (χ1) is 6.92. The number of hydrogen-bond acceptors (Lipinski definition) is 3. The maximum absolute atomic E-state index is 11.4. The summed E-state index contributed by atoms with van der Waals surface area (Å²) in [7, 11) is 1.54. The van der Waals surface area contributed by atoms with E-state index in [1.54, 1.807) is 13.8 Å². The Bertz CT molecular complexity index is 219. The Morgan fingerprint density at radius 1 is 1.53 bits per heavy atom. The first-order valence-corrected chi connectivity index (χ1v) is 5.12. The molecule has 0 saturated carbocycles. The molecule has 0 aliphatic carbocycles. The molecule has 1 amide bonds. The zero-order valence-electron chi connectivity index (χ0n) is 9.58. The van der Waals surface area contributed by atoms with Crippen molar-refractivity contribution in [2.75, 3.05) is 33.5 Å². The standard InChI is InChI=1S/C10H19N2O3/c1-10(2,14)6-12-4-8(5-12)9(13)11-7-15-3/h8H,4-7H2,1-3H3,(H,11,13). The van der Waals surface area contributed by atoms with Crippen LogP contribution < -0.4 is 5.32 Å².